The van der Waals surface area contributed by atoms with Crippen LogP contribution in [-0.2, 0) is 17.8 Å². The highest BCUT2D eigenvalue weighted by Crippen LogP contribution is 2.24. The average molecular weight is 542 g/mol. The number of alkyl halides is 3. The molecular formula is C21H16Cl2F3N7O3. The van der Waals surface area contributed by atoms with Gasteiger partial charge in [-0.1, -0.05) is 23.2 Å². The highest BCUT2D eigenvalue weighted by atomic mass is 35.5. The van der Waals surface area contributed by atoms with Crippen LogP contribution < -0.4 is 5.69 Å². The molecule has 0 spiro atoms. The minimum atomic E-state index is -4.49. The van der Waals surface area contributed by atoms with Gasteiger partial charge < -0.3 is 4.74 Å². The number of halogens is 5. The van der Waals surface area contributed by atoms with Crippen molar-refractivity contribution in [3.8, 4) is 17.1 Å². The summed E-state index contributed by atoms with van der Waals surface area (Å²) in [4.78, 5) is 33.4. The van der Waals surface area contributed by atoms with Gasteiger partial charge in [0.25, 0.3) is 0 Å². The summed E-state index contributed by atoms with van der Waals surface area (Å²) in [5, 5.41) is 8.87. The quantitative estimate of drug-likeness (QED) is 0.258. The molecular weight excluding hydrogens is 526 g/mol. The predicted molar refractivity (Wildman–Crippen MR) is 122 cm³/mol. The van der Waals surface area contributed by atoms with Crippen molar-refractivity contribution in [1.82, 2.24) is 34.1 Å². The summed E-state index contributed by atoms with van der Waals surface area (Å²) in [5.41, 5.74) is -0.212. The molecule has 0 fully saturated rings. The normalized spacial score (nSPS) is 11.6. The number of rotatable bonds is 7. The van der Waals surface area contributed by atoms with Gasteiger partial charge in [0.2, 0.25) is 5.82 Å². The lowest BCUT2D eigenvalue weighted by atomic mass is 10.2. The van der Waals surface area contributed by atoms with E-state index in [2.05, 4.69) is 20.2 Å². The van der Waals surface area contributed by atoms with Crippen molar-refractivity contribution in [1.29, 1.82) is 0 Å². The molecule has 4 aromatic rings. The number of methoxy groups -OCH3 is 1. The number of hydrogen-bond acceptors (Lipinski definition) is 7. The molecule has 0 aliphatic rings. The molecule has 0 radical (unpaired) electrons. The molecule has 0 bridgehead atoms. The van der Waals surface area contributed by atoms with Crippen LogP contribution in [0.4, 0.5) is 13.2 Å². The van der Waals surface area contributed by atoms with Crippen molar-refractivity contribution in [2.75, 3.05) is 7.11 Å². The van der Waals surface area contributed by atoms with Crippen LogP contribution in [0, 0.1) is 0 Å². The first-order valence-electron chi connectivity index (χ1n) is 10.2. The van der Waals surface area contributed by atoms with Crippen molar-refractivity contribution in [2.24, 2.45) is 0 Å². The Morgan fingerprint density at radius 3 is 2.47 bits per heavy atom. The van der Waals surface area contributed by atoms with Crippen molar-refractivity contribution >= 4 is 29.2 Å². The van der Waals surface area contributed by atoms with Crippen LogP contribution in [0.25, 0.3) is 17.1 Å². The molecule has 0 aliphatic heterocycles. The number of pyridine rings is 1. The second kappa shape index (κ2) is 10.1. The number of nitrogens with zero attached hydrogens (tertiary/aromatic N) is 7. The average Bonchev–Trinajstić information content (AvgIpc) is 3.39. The highest BCUT2D eigenvalue weighted by molar-refractivity contribution is 6.31. The molecule has 0 amide bonds. The molecule has 10 nitrogen and oxygen atoms in total. The van der Waals surface area contributed by atoms with Crippen molar-refractivity contribution in [3.05, 3.63) is 74.9 Å². The van der Waals surface area contributed by atoms with Gasteiger partial charge in [0, 0.05) is 23.3 Å². The molecule has 0 atom stereocenters. The van der Waals surface area contributed by atoms with Gasteiger partial charge in [0.1, 0.15) is 12.2 Å². The largest absolute Gasteiger partial charge is 0.463 e. The predicted octanol–water partition coefficient (Wildman–Crippen LogP) is 3.78. The fourth-order valence-corrected chi connectivity index (χ4v) is 3.60. The molecule has 15 heteroatoms. The number of benzene rings is 1. The zero-order chi connectivity index (χ0) is 26.0. The Morgan fingerprint density at radius 1 is 1.11 bits per heavy atom. The van der Waals surface area contributed by atoms with E-state index in [-0.39, 0.29) is 34.9 Å². The van der Waals surface area contributed by atoms with Gasteiger partial charge in [-0.15, -0.1) is 10.2 Å². The van der Waals surface area contributed by atoms with E-state index in [0.717, 1.165) is 21.0 Å². The molecule has 0 N–H and O–H groups in total. The minimum absolute atomic E-state index is 0.00356. The maximum atomic E-state index is 13.0. The number of carbonyl (C=O) groups is 1. The van der Waals surface area contributed by atoms with Crippen LogP contribution in [0.5, 0.6) is 0 Å². The molecule has 0 saturated heterocycles. The summed E-state index contributed by atoms with van der Waals surface area (Å²) >= 11 is 12.0. The van der Waals surface area contributed by atoms with Crippen molar-refractivity contribution < 1.29 is 22.7 Å². The Kier molecular flexibility index (Phi) is 7.13. The first-order chi connectivity index (χ1) is 17.1. The van der Waals surface area contributed by atoms with Crippen LogP contribution in [0.15, 0.2) is 47.4 Å². The van der Waals surface area contributed by atoms with E-state index in [1.54, 1.807) is 6.07 Å². The molecule has 36 heavy (non-hydrogen) atoms. The van der Waals surface area contributed by atoms with Gasteiger partial charge in [-0.05, 0) is 36.4 Å². The first-order valence-corrected chi connectivity index (χ1v) is 11.0. The Morgan fingerprint density at radius 2 is 1.83 bits per heavy atom. The zero-order valence-electron chi connectivity index (χ0n) is 18.4. The Bertz CT molecular complexity index is 1460. The zero-order valence-corrected chi connectivity index (χ0v) is 19.9. The van der Waals surface area contributed by atoms with Crippen LogP contribution >= 0.6 is 23.2 Å². The summed E-state index contributed by atoms with van der Waals surface area (Å²) in [6, 6.07) is 9.22. The number of esters is 1. The first kappa shape index (κ1) is 25.4. The summed E-state index contributed by atoms with van der Waals surface area (Å²) in [5.74, 6) is -1.12. The van der Waals surface area contributed by atoms with E-state index in [4.69, 9.17) is 27.9 Å². The number of carbonyl (C=O) groups excluding carboxylic acids is 1. The second-order valence-electron chi connectivity index (χ2n) is 7.36. The Balaban J connectivity index is 1.77. The topological polar surface area (TPSA) is 110 Å². The summed E-state index contributed by atoms with van der Waals surface area (Å²) < 4.78 is 46.4. The lowest BCUT2D eigenvalue weighted by Gasteiger charge is -2.08. The van der Waals surface area contributed by atoms with Gasteiger partial charge in [-0.3, -0.25) is 4.57 Å². The van der Waals surface area contributed by atoms with E-state index in [9.17, 15) is 22.8 Å². The summed E-state index contributed by atoms with van der Waals surface area (Å²) in [6.45, 7) is -1.01. The van der Waals surface area contributed by atoms with Crippen molar-refractivity contribution in [2.45, 2.75) is 25.7 Å². The highest BCUT2D eigenvalue weighted by Gasteiger charge is 2.29. The fourth-order valence-electron chi connectivity index (χ4n) is 3.28. The third-order valence-corrected chi connectivity index (χ3v) is 5.47. The molecule has 0 aliphatic carbocycles. The van der Waals surface area contributed by atoms with E-state index in [1.165, 1.54) is 36.5 Å². The maximum absolute atomic E-state index is 13.0. The number of hydrogen-bond donors (Lipinski definition) is 0. The fraction of sp³-hybridized carbons (Fsp3) is 0.238. The van der Waals surface area contributed by atoms with Gasteiger partial charge >= 0.3 is 17.8 Å². The molecule has 4 rings (SSSR count). The molecule has 0 saturated carbocycles. The maximum Gasteiger partial charge on any atom is 0.390 e. The van der Waals surface area contributed by atoms with Crippen LogP contribution in [0.2, 0.25) is 10.2 Å². The van der Waals surface area contributed by atoms with E-state index < -0.39 is 30.8 Å². The Labute approximate surface area is 210 Å². The van der Waals surface area contributed by atoms with Crippen LogP contribution in [0.3, 0.4) is 0 Å². The lowest BCUT2D eigenvalue weighted by Crippen LogP contribution is -2.27. The van der Waals surface area contributed by atoms with Gasteiger partial charge in [-0.25, -0.2) is 28.9 Å². The SMILES string of the molecule is COC(=O)c1nc(Cn2nc(-c3ccc(Cl)cc3)n(CCC(F)(F)F)c2=O)nn1-c1cccnc1Cl. The van der Waals surface area contributed by atoms with Gasteiger partial charge in [-0.2, -0.15) is 13.2 Å². The molecule has 0 unspecified atom stereocenters. The van der Waals surface area contributed by atoms with Crippen LogP contribution in [-0.4, -0.2) is 53.4 Å². The van der Waals surface area contributed by atoms with Gasteiger partial charge in [0.15, 0.2) is 16.8 Å². The number of ether oxygens (including phenoxy) is 1. The van der Waals surface area contributed by atoms with E-state index >= 15 is 0 Å². The summed E-state index contributed by atoms with van der Waals surface area (Å²) in [7, 11) is 1.15. The van der Waals surface area contributed by atoms with Gasteiger partial charge in [0.05, 0.1) is 13.5 Å². The molecule has 3 aromatic heterocycles. The van der Waals surface area contributed by atoms with Crippen molar-refractivity contribution in [3.63, 3.8) is 0 Å². The van der Waals surface area contributed by atoms with E-state index in [1.807, 2.05) is 0 Å². The summed E-state index contributed by atoms with van der Waals surface area (Å²) in [6.07, 6.45) is -4.29. The lowest BCUT2D eigenvalue weighted by molar-refractivity contribution is -0.136. The third kappa shape index (κ3) is 5.41. The Hall–Kier alpha value is -3.71. The minimum Gasteiger partial charge on any atom is -0.463 e. The second-order valence-corrected chi connectivity index (χ2v) is 8.15. The molecule has 1 aromatic carbocycles. The third-order valence-electron chi connectivity index (χ3n) is 4.92. The standard InChI is InChI=1S/C21H16Cl2F3N7O3/c1-36-19(34)18-28-15(29-33(18)14-3-2-9-27-16(14)23)11-32-20(35)31(10-8-21(24,25)26)17(30-32)12-4-6-13(22)7-5-12/h2-7,9H,8,10-11H2,1H3. The monoisotopic (exact) mass is 541 g/mol. The van der Waals surface area contributed by atoms with E-state index in [0.29, 0.717) is 10.6 Å². The molecule has 3 heterocycles. The van der Waals surface area contributed by atoms with Crippen LogP contribution in [0.1, 0.15) is 22.9 Å². The molecule has 188 valence electrons. The number of aromatic nitrogens is 7. The smallest absolute Gasteiger partial charge is 0.390 e.